The maximum atomic E-state index is 9.80. The molecule has 2 N–H and O–H groups in total. The summed E-state index contributed by atoms with van der Waals surface area (Å²) in [5.74, 6) is 0. The Morgan fingerprint density at radius 3 is 2.36 bits per heavy atom. The first-order valence-electron chi connectivity index (χ1n) is 9.52. The highest BCUT2D eigenvalue weighted by Gasteiger charge is 2.47. The number of hydrogen-bond donors (Lipinski definition) is 2. The molecule has 0 aliphatic heterocycles. The number of hydrogen-bond acceptors (Lipinski definition) is 2. The Bertz CT molecular complexity index is 1250. The first kappa shape index (κ1) is 15.9. The van der Waals surface area contributed by atoms with Gasteiger partial charge in [-0.3, -0.25) is 0 Å². The van der Waals surface area contributed by atoms with E-state index in [0.717, 1.165) is 11.1 Å². The molecule has 3 aliphatic rings. The average Bonchev–Trinajstić information content (AvgIpc) is 3.24. The third-order valence-corrected chi connectivity index (χ3v) is 6.28. The molecular formula is C25H17BO2. The van der Waals surface area contributed by atoms with Crippen molar-refractivity contribution in [3.63, 3.8) is 0 Å². The molecule has 1 unspecified atom stereocenters. The number of rotatable bonds is 1. The normalized spacial score (nSPS) is 20.2. The topological polar surface area (TPSA) is 40.5 Å². The Labute approximate surface area is 163 Å². The second-order valence-corrected chi connectivity index (χ2v) is 7.62. The lowest BCUT2D eigenvalue weighted by molar-refractivity contribution is 0.425. The number of benzene rings is 3. The lowest BCUT2D eigenvalue weighted by Crippen LogP contribution is -2.33. The highest BCUT2D eigenvalue weighted by molar-refractivity contribution is 6.58. The molecule has 0 bridgehead atoms. The van der Waals surface area contributed by atoms with Crippen molar-refractivity contribution in [2.45, 2.75) is 5.41 Å². The van der Waals surface area contributed by atoms with E-state index in [2.05, 4.69) is 72.8 Å². The van der Waals surface area contributed by atoms with Gasteiger partial charge < -0.3 is 10.0 Å². The van der Waals surface area contributed by atoms with Gasteiger partial charge in [-0.1, -0.05) is 85.0 Å². The number of allylic oxidation sites excluding steroid dienone is 5. The van der Waals surface area contributed by atoms with Gasteiger partial charge in [0.2, 0.25) is 0 Å². The molecular weight excluding hydrogens is 343 g/mol. The molecule has 3 aromatic rings. The number of fused-ring (bicyclic) bond motifs is 9. The molecule has 1 atom stereocenters. The van der Waals surface area contributed by atoms with Gasteiger partial charge in [0.1, 0.15) is 0 Å². The van der Waals surface area contributed by atoms with Crippen molar-refractivity contribution < 1.29 is 10.0 Å². The van der Waals surface area contributed by atoms with Crippen LogP contribution in [0.4, 0.5) is 0 Å². The lowest BCUT2D eigenvalue weighted by Gasteiger charge is -2.34. The van der Waals surface area contributed by atoms with Crippen LogP contribution in [-0.4, -0.2) is 17.2 Å². The Hall–Kier alpha value is -3.14. The summed E-state index contributed by atoms with van der Waals surface area (Å²) in [6.07, 6.45) is 8.88. The molecule has 0 radical (unpaired) electrons. The van der Waals surface area contributed by atoms with Crippen molar-refractivity contribution in [1.29, 1.82) is 0 Å². The van der Waals surface area contributed by atoms with Crippen molar-refractivity contribution >= 4 is 24.2 Å². The van der Waals surface area contributed by atoms with Crippen LogP contribution in [0.15, 0.2) is 90.5 Å². The van der Waals surface area contributed by atoms with Gasteiger partial charge in [0, 0.05) is 0 Å². The van der Waals surface area contributed by atoms with Crippen LogP contribution in [0.2, 0.25) is 0 Å². The van der Waals surface area contributed by atoms with E-state index in [9.17, 15) is 10.0 Å². The molecule has 3 heteroatoms. The molecule has 6 rings (SSSR count). The fourth-order valence-corrected chi connectivity index (χ4v) is 5.09. The molecule has 28 heavy (non-hydrogen) atoms. The minimum absolute atomic E-state index is 0.417. The van der Waals surface area contributed by atoms with E-state index < -0.39 is 12.5 Å². The van der Waals surface area contributed by atoms with Crippen LogP contribution < -0.4 is 5.46 Å². The summed E-state index contributed by atoms with van der Waals surface area (Å²) in [5.41, 5.74) is 9.81. The molecule has 0 fully saturated rings. The van der Waals surface area contributed by atoms with Gasteiger partial charge >= 0.3 is 7.12 Å². The summed E-state index contributed by atoms with van der Waals surface area (Å²) in [6, 6.07) is 22.8. The van der Waals surface area contributed by atoms with Gasteiger partial charge in [-0.25, -0.2) is 0 Å². The van der Waals surface area contributed by atoms with E-state index in [-0.39, 0.29) is 0 Å². The third-order valence-electron chi connectivity index (χ3n) is 6.28. The predicted molar refractivity (Wildman–Crippen MR) is 114 cm³/mol. The molecule has 0 amide bonds. The first-order chi connectivity index (χ1) is 13.7. The van der Waals surface area contributed by atoms with Crippen LogP contribution in [-0.2, 0) is 5.41 Å². The molecule has 0 saturated heterocycles. The highest BCUT2D eigenvalue weighted by Crippen LogP contribution is 2.59. The van der Waals surface area contributed by atoms with Gasteiger partial charge in [-0.05, 0) is 56.1 Å². The van der Waals surface area contributed by atoms with E-state index in [1.807, 2.05) is 12.1 Å². The van der Waals surface area contributed by atoms with Crippen molar-refractivity contribution in [1.82, 2.24) is 0 Å². The second-order valence-electron chi connectivity index (χ2n) is 7.62. The molecule has 3 aromatic carbocycles. The summed E-state index contributed by atoms with van der Waals surface area (Å²) >= 11 is 0. The average molecular weight is 360 g/mol. The molecule has 2 nitrogen and oxygen atoms in total. The summed E-state index contributed by atoms with van der Waals surface area (Å²) in [4.78, 5) is 0. The van der Waals surface area contributed by atoms with Gasteiger partial charge in [-0.2, -0.15) is 0 Å². The van der Waals surface area contributed by atoms with Gasteiger partial charge in [0.25, 0.3) is 0 Å². The predicted octanol–water partition coefficient (Wildman–Crippen LogP) is 3.68. The zero-order valence-corrected chi connectivity index (χ0v) is 15.1. The fourth-order valence-electron chi connectivity index (χ4n) is 5.09. The van der Waals surface area contributed by atoms with E-state index in [1.54, 1.807) is 6.07 Å². The van der Waals surface area contributed by atoms with Crippen molar-refractivity contribution in [3.8, 4) is 11.1 Å². The maximum Gasteiger partial charge on any atom is 0.488 e. The quantitative estimate of drug-likeness (QED) is 0.650. The summed E-state index contributed by atoms with van der Waals surface area (Å²) in [5, 5.41) is 19.6. The van der Waals surface area contributed by atoms with Crippen molar-refractivity contribution in [3.05, 3.63) is 113 Å². The van der Waals surface area contributed by atoms with Crippen LogP contribution in [0.1, 0.15) is 22.3 Å². The molecule has 3 aliphatic carbocycles. The van der Waals surface area contributed by atoms with E-state index >= 15 is 0 Å². The zero-order chi connectivity index (χ0) is 18.9. The van der Waals surface area contributed by atoms with Gasteiger partial charge in [-0.15, -0.1) is 0 Å². The molecule has 0 aromatic heterocycles. The maximum absolute atomic E-state index is 9.80. The van der Waals surface area contributed by atoms with Crippen LogP contribution in [0.25, 0.3) is 22.8 Å². The minimum Gasteiger partial charge on any atom is -0.423 e. The van der Waals surface area contributed by atoms with Crippen LogP contribution in [0, 0.1) is 0 Å². The molecule has 0 saturated carbocycles. The highest BCUT2D eigenvalue weighted by atomic mass is 16.4. The van der Waals surface area contributed by atoms with Gasteiger partial charge in [0.05, 0.1) is 5.41 Å². The van der Waals surface area contributed by atoms with E-state index in [1.165, 1.54) is 33.4 Å². The van der Waals surface area contributed by atoms with Crippen molar-refractivity contribution in [2.24, 2.45) is 0 Å². The van der Waals surface area contributed by atoms with Crippen LogP contribution >= 0.6 is 0 Å². The Kier molecular flexibility index (Phi) is 3.09. The minimum atomic E-state index is -1.48. The lowest BCUT2D eigenvalue weighted by atomic mass is 9.66. The fraction of sp³-hybridized carbons (Fsp3) is 0.0400. The van der Waals surface area contributed by atoms with Crippen LogP contribution in [0.5, 0.6) is 0 Å². The summed E-state index contributed by atoms with van der Waals surface area (Å²) < 4.78 is 0. The smallest absolute Gasteiger partial charge is 0.423 e. The first-order valence-corrected chi connectivity index (χ1v) is 9.52. The Morgan fingerprint density at radius 1 is 0.750 bits per heavy atom. The molecule has 132 valence electrons. The largest absolute Gasteiger partial charge is 0.488 e. The van der Waals surface area contributed by atoms with Crippen molar-refractivity contribution in [2.75, 3.05) is 0 Å². The Morgan fingerprint density at radius 2 is 1.50 bits per heavy atom. The SMILES string of the molecule is OB(O)c1ccc2c(c1)C1(C=CC=C3C1=Cc1ccccc13)c1ccccc1-2. The van der Waals surface area contributed by atoms with E-state index in [0.29, 0.717) is 5.46 Å². The standard InChI is InChI=1S/C25H17BO2/c27-26(28)17-11-12-21-20-8-3-4-10-22(20)25(24(21)15-17)13-5-9-19-18-7-2-1-6-16(18)14-23(19)25/h1-15,27-28H. The second kappa shape index (κ2) is 5.45. The summed E-state index contributed by atoms with van der Waals surface area (Å²) in [6.45, 7) is 0. The summed E-state index contributed by atoms with van der Waals surface area (Å²) in [7, 11) is -1.48. The van der Waals surface area contributed by atoms with Gasteiger partial charge in [0.15, 0.2) is 0 Å². The third kappa shape index (κ3) is 1.85. The molecule has 1 spiro atoms. The monoisotopic (exact) mass is 360 g/mol. The van der Waals surface area contributed by atoms with Crippen LogP contribution in [0.3, 0.4) is 0 Å². The zero-order valence-electron chi connectivity index (χ0n) is 15.1. The molecule has 0 heterocycles. The Balaban J connectivity index is 1.70. The van der Waals surface area contributed by atoms with E-state index in [4.69, 9.17) is 0 Å².